The first kappa shape index (κ1) is 42.4. The van der Waals surface area contributed by atoms with E-state index < -0.39 is 16.1 Å². The van der Waals surface area contributed by atoms with Gasteiger partial charge in [0, 0.05) is 43.9 Å². The van der Waals surface area contributed by atoms with Crippen LogP contribution in [0.5, 0.6) is 11.5 Å². The Morgan fingerprint density at radius 1 is 0.315 bits per heavy atom. The molecule has 0 N–H and O–H groups in total. The number of fused-ring (bicyclic) bond motifs is 8. The second kappa shape index (κ2) is 16.6. The Hall–Kier alpha value is -8.33. The molecule has 0 radical (unpaired) electrons. The van der Waals surface area contributed by atoms with E-state index in [1.54, 1.807) is 0 Å². The first-order valence-corrected chi connectivity index (χ1v) is 30.0. The van der Waals surface area contributed by atoms with E-state index in [0.717, 1.165) is 22.9 Å². The number of para-hydroxylation sites is 4. The smallest absolute Gasteiger partial charge is 0.254 e. The lowest BCUT2D eigenvalue weighted by atomic mass is 9.35. The minimum absolute atomic E-state index is 0.0686. The second-order valence-electron chi connectivity index (χ2n) is 19.5. The monoisotopic (exact) mass is 980 g/mol. The molecule has 4 aliphatic rings. The van der Waals surface area contributed by atoms with Gasteiger partial charge >= 0.3 is 0 Å². The second-order valence-corrected chi connectivity index (χ2v) is 28.0. The molecule has 0 amide bonds. The molecule has 4 aliphatic heterocycles. The highest BCUT2D eigenvalue weighted by molar-refractivity contribution is 8.00. The number of nitrogens with zero attached hydrogens (tertiary/aromatic N) is 2. The summed E-state index contributed by atoms with van der Waals surface area (Å²) in [5.41, 5.74) is 10.9. The van der Waals surface area contributed by atoms with Gasteiger partial charge in [-0.1, -0.05) is 217 Å². The van der Waals surface area contributed by atoms with Gasteiger partial charge < -0.3 is 14.5 Å². The maximum atomic E-state index is 6.98. The molecule has 4 heterocycles. The average Bonchev–Trinajstić information content (AvgIpc) is 3.46. The highest BCUT2D eigenvalue weighted by Gasteiger charge is 2.51. The van der Waals surface area contributed by atoms with Crippen molar-refractivity contribution in [3.63, 3.8) is 0 Å². The molecule has 0 unspecified atom stereocenters. The molecule has 0 fully saturated rings. The highest BCUT2D eigenvalue weighted by Crippen LogP contribution is 2.44. The van der Waals surface area contributed by atoms with Crippen molar-refractivity contribution in [2.75, 3.05) is 9.80 Å². The number of ether oxygens (including phenoxy) is 1. The standard InChI is InChI=1S/C66H45BN2OSSi2/c1-5-22-48(23-6-1)72(49-24-7-2-8-25-49)62-36-17-13-30-54(62)68(55-31-14-18-37-63(55)72)46-40-42-58-52(44-46)67-53-45-47(41-43-60(53)71-61-35-21-34-59(70-58)66(61)67)69-56-32-15-19-38-64(56)73(50-26-9-3-10-27-50,51-28-11-4-12-29-51)65-39-20-16-33-57(65)69/h1-45H. The van der Waals surface area contributed by atoms with E-state index in [2.05, 4.69) is 283 Å². The van der Waals surface area contributed by atoms with Gasteiger partial charge in [0.05, 0.1) is 0 Å². The summed E-state index contributed by atoms with van der Waals surface area (Å²) in [7, 11) is -5.56. The third kappa shape index (κ3) is 6.07. The minimum atomic E-state index is -2.79. The summed E-state index contributed by atoms with van der Waals surface area (Å²) in [6, 6.07) is 103. The summed E-state index contributed by atoms with van der Waals surface area (Å²) >= 11 is 1.86. The third-order valence-electron chi connectivity index (χ3n) is 15.9. The molecule has 11 aromatic carbocycles. The van der Waals surface area contributed by atoms with Crippen molar-refractivity contribution in [2.45, 2.75) is 9.79 Å². The SMILES string of the molecule is c1ccc([Si]2(c3ccccc3)c3ccccc3N(c3ccc4c(c3)B3c5cc(N6c7ccccc7[Si](c7ccccc7)(c7ccccc7)c7ccccc76)ccc5Sc5cccc(c53)O4)c3ccccc32)cc1. The predicted molar refractivity (Wildman–Crippen MR) is 312 cm³/mol. The van der Waals surface area contributed by atoms with Crippen LogP contribution in [0.2, 0.25) is 0 Å². The Bertz CT molecular complexity index is 3540. The Kier molecular flexibility index (Phi) is 9.64. The van der Waals surface area contributed by atoms with Gasteiger partial charge in [-0.05, 0) is 125 Å². The summed E-state index contributed by atoms with van der Waals surface area (Å²) in [6.45, 7) is -0.0686. The summed E-state index contributed by atoms with van der Waals surface area (Å²) in [5.74, 6) is 1.82. The highest BCUT2D eigenvalue weighted by atomic mass is 32.2. The fourth-order valence-electron chi connectivity index (χ4n) is 13.1. The maximum absolute atomic E-state index is 6.98. The van der Waals surface area contributed by atoms with E-state index in [0.29, 0.717) is 0 Å². The van der Waals surface area contributed by atoms with Crippen LogP contribution in [0.3, 0.4) is 0 Å². The predicted octanol–water partition coefficient (Wildman–Crippen LogP) is 9.09. The molecule has 0 saturated carbocycles. The lowest BCUT2D eigenvalue weighted by Crippen LogP contribution is -2.77. The van der Waals surface area contributed by atoms with Crippen molar-refractivity contribution in [1.29, 1.82) is 0 Å². The zero-order valence-electron chi connectivity index (χ0n) is 39.8. The quantitative estimate of drug-likeness (QED) is 0.155. The molecular weight excluding hydrogens is 936 g/mol. The zero-order chi connectivity index (χ0) is 48.1. The Morgan fingerprint density at radius 3 is 1.14 bits per heavy atom. The van der Waals surface area contributed by atoms with Crippen molar-refractivity contribution in [3.8, 4) is 11.5 Å². The fourth-order valence-corrected chi connectivity index (χ4v) is 24.4. The molecule has 0 aromatic heterocycles. The van der Waals surface area contributed by atoms with Crippen molar-refractivity contribution < 1.29 is 4.74 Å². The molecule has 342 valence electrons. The van der Waals surface area contributed by atoms with E-state index in [9.17, 15) is 0 Å². The third-order valence-corrected chi connectivity index (χ3v) is 26.8. The Morgan fingerprint density at radius 2 is 0.699 bits per heavy atom. The lowest BCUT2D eigenvalue weighted by molar-refractivity contribution is 0.486. The topological polar surface area (TPSA) is 15.7 Å². The molecule has 0 spiro atoms. The van der Waals surface area contributed by atoms with Crippen LogP contribution in [0.15, 0.2) is 283 Å². The van der Waals surface area contributed by atoms with Crippen LogP contribution in [0.4, 0.5) is 34.1 Å². The van der Waals surface area contributed by atoms with Crippen LogP contribution in [0, 0.1) is 0 Å². The van der Waals surface area contributed by atoms with Gasteiger partial charge in [-0.15, -0.1) is 0 Å². The molecule has 0 saturated heterocycles. The van der Waals surface area contributed by atoms with Crippen molar-refractivity contribution in [1.82, 2.24) is 0 Å². The van der Waals surface area contributed by atoms with Crippen LogP contribution in [-0.4, -0.2) is 22.9 Å². The Balaban J connectivity index is 0.923. The van der Waals surface area contributed by atoms with E-state index >= 15 is 0 Å². The fraction of sp³-hybridized carbons (Fsp3) is 0. The van der Waals surface area contributed by atoms with Gasteiger partial charge in [0.2, 0.25) is 0 Å². The van der Waals surface area contributed by atoms with Gasteiger partial charge in [-0.25, -0.2) is 0 Å². The van der Waals surface area contributed by atoms with Gasteiger partial charge in [0.1, 0.15) is 11.5 Å². The zero-order valence-corrected chi connectivity index (χ0v) is 42.6. The largest absolute Gasteiger partial charge is 0.458 e. The molecule has 73 heavy (non-hydrogen) atoms. The molecular formula is C66H45BN2OSSi2. The molecule has 0 aliphatic carbocycles. The first-order valence-electron chi connectivity index (χ1n) is 25.2. The molecule has 0 atom stereocenters. The molecule has 0 bridgehead atoms. The van der Waals surface area contributed by atoms with Crippen LogP contribution < -0.4 is 72.4 Å². The molecule has 11 aromatic rings. The number of hydrogen-bond acceptors (Lipinski definition) is 4. The van der Waals surface area contributed by atoms with Gasteiger partial charge in [-0.2, -0.15) is 0 Å². The number of anilines is 6. The summed E-state index contributed by atoms with van der Waals surface area (Å²) in [6.07, 6.45) is 0. The number of hydrogen-bond donors (Lipinski definition) is 0. The van der Waals surface area contributed by atoms with Crippen LogP contribution in [0.25, 0.3) is 0 Å². The van der Waals surface area contributed by atoms with Crippen molar-refractivity contribution in [2.24, 2.45) is 0 Å². The lowest BCUT2D eigenvalue weighted by Gasteiger charge is -2.45. The van der Waals surface area contributed by atoms with Gasteiger partial charge in [0.25, 0.3) is 6.71 Å². The van der Waals surface area contributed by atoms with E-state index in [-0.39, 0.29) is 6.71 Å². The van der Waals surface area contributed by atoms with Crippen LogP contribution >= 0.6 is 11.8 Å². The minimum Gasteiger partial charge on any atom is -0.458 e. The first-order chi connectivity index (χ1) is 36.2. The summed E-state index contributed by atoms with van der Waals surface area (Å²) in [4.78, 5) is 7.57. The van der Waals surface area contributed by atoms with Crippen LogP contribution in [0.1, 0.15) is 0 Å². The molecule has 7 heteroatoms. The van der Waals surface area contributed by atoms with E-state index in [4.69, 9.17) is 4.74 Å². The van der Waals surface area contributed by atoms with Gasteiger partial charge in [-0.3, -0.25) is 0 Å². The van der Waals surface area contributed by atoms with Crippen LogP contribution in [-0.2, 0) is 0 Å². The number of benzene rings is 11. The molecule has 3 nitrogen and oxygen atoms in total. The van der Waals surface area contributed by atoms with Crippen molar-refractivity contribution >= 4 is 127 Å². The average molecular weight is 981 g/mol. The normalized spacial score (nSPS) is 14.8. The molecule has 15 rings (SSSR count). The van der Waals surface area contributed by atoms with E-state index in [1.165, 1.54) is 90.4 Å². The number of rotatable bonds is 6. The Labute approximate surface area is 432 Å². The van der Waals surface area contributed by atoms with E-state index in [1.807, 2.05) is 11.8 Å². The maximum Gasteiger partial charge on any atom is 0.254 e. The summed E-state index contributed by atoms with van der Waals surface area (Å²) < 4.78 is 6.98. The summed E-state index contributed by atoms with van der Waals surface area (Å²) in [5, 5.41) is 11.1. The van der Waals surface area contributed by atoms with Crippen molar-refractivity contribution in [3.05, 3.63) is 273 Å². The van der Waals surface area contributed by atoms with Gasteiger partial charge in [0.15, 0.2) is 16.1 Å².